The van der Waals surface area contributed by atoms with Gasteiger partial charge in [-0.1, -0.05) is 6.07 Å². The van der Waals surface area contributed by atoms with Crippen LogP contribution >= 0.6 is 0 Å². The van der Waals surface area contributed by atoms with Crippen molar-refractivity contribution < 1.29 is 4.74 Å². The first-order chi connectivity index (χ1) is 7.58. The van der Waals surface area contributed by atoms with Crippen LogP contribution in [0.2, 0.25) is 0 Å². The van der Waals surface area contributed by atoms with Gasteiger partial charge in [0, 0.05) is 6.54 Å². The van der Waals surface area contributed by atoms with E-state index in [0.717, 1.165) is 18.9 Å². The number of nitrogens with one attached hydrogen (secondary N) is 1. The third kappa shape index (κ3) is 1.31. The van der Waals surface area contributed by atoms with Gasteiger partial charge < -0.3 is 9.64 Å². The number of rotatable bonds is 0. The van der Waals surface area contributed by atoms with E-state index in [1.165, 1.54) is 11.3 Å². The van der Waals surface area contributed by atoms with Crippen LogP contribution in [-0.2, 0) is 0 Å². The van der Waals surface area contributed by atoms with Crippen molar-refractivity contribution in [2.24, 2.45) is 0 Å². The molecule has 1 saturated heterocycles. The number of aryl methyl sites for hydroxylation is 1. The van der Waals surface area contributed by atoms with Crippen molar-refractivity contribution in [2.45, 2.75) is 32.5 Å². The molecule has 2 aliphatic rings. The maximum Gasteiger partial charge on any atom is 0.142 e. The number of hydrogen-bond donors (Lipinski definition) is 1. The van der Waals surface area contributed by atoms with Crippen molar-refractivity contribution in [3.8, 4) is 5.75 Å². The van der Waals surface area contributed by atoms with Crippen LogP contribution in [0.3, 0.4) is 0 Å². The van der Waals surface area contributed by atoms with Crippen LogP contribution in [0.15, 0.2) is 18.2 Å². The summed E-state index contributed by atoms with van der Waals surface area (Å²) in [6, 6.07) is 6.87. The Hall–Kier alpha value is -1.22. The Morgan fingerprint density at radius 2 is 2.25 bits per heavy atom. The number of hydrogen-bond acceptors (Lipinski definition) is 3. The topological polar surface area (TPSA) is 24.5 Å². The zero-order valence-corrected chi connectivity index (χ0v) is 10.1. The van der Waals surface area contributed by atoms with E-state index in [0.29, 0.717) is 6.04 Å². The van der Waals surface area contributed by atoms with Crippen molar-refractivity contribution in [2.75, 3.05) is 18.1 Å². The Balaban J connectivity index is 2.12. The monoisotopic (exact) mass is 218 g/mol. The minimum atomic E-state index is 0.0248. The van der Waals surface area contributed by atoms with Crippen molar-refractivity contribution in [3.63, 3.8) is 0 Å². The zero-order chi connectivity index (χ0) is 11.3. The molecule has 86 valence electrons. The lowest BCUT2D eigenvalue weighted by atomic mass is 10.1. The Labute approximate surface area is 96.4 Å². The summed E-state index contributed by atoms with van der Waals surface area (Å²) in [5, 5.41) is 3.54. The van der Waals surface area contributed by atoms with Crippen molar-refractivity contribution in [3.05, 3.63) is 23.8 Å². The summed E-state index contributed by atoms with van der Waals surface area (Å²) < 4.78 is 5.80. The highest BCUT2D eigenvalue weighted by Gasteiger charge is 2.42. The predicted molar refractivity (Wildman–Crippen MR) is 65.0 cm³/mol. The average molecular weight is 218 g/mol. The Kier molecular flexibility index (Phi) is 1.96. The van der Waals surface area contributed by atoms with E-state index in [9.17, 15) is 0 Å². The van der Waals surface area contributed by atoms with E-state index in [1.807, 2.05) is 0 Å². The normalized spacial score (nSPS) is 25.9. The van der Waals surface area contributed by atoms with Crippen LogP contribution in [-0.4, -0.2) is 24.9 Å². The minimum absolute atomic E-state index is 0.0248. The molecule has 1 N–H and O–H groups in total. The SMILES string of the molecule is Cc1ccc2c(c1)N1C(CNC1(C)C)CO2. The second-order valence-electron chi connectivity index (χ2n) is 5.25. The van der Waals surface area contributed by atoms with Crippen LogP contribution in [0, 0.1) is 6.92 Å². The van der Waals surface area contributed by atoms with Gasteiger partial charge in [-0.15, -0.1) is 0 Å². The molecule has 0 spiro atoms. The van der Waals surface area contributed by atoms with E-state index in [-0.39, 0.29) is 5.66 Å². The lowest BCUT2D eigenvalue weighted by Gasteiger charge is -2.41. The third-order valence-corrected chi connectivity index (χ3v) is 3.54. The van der Waals surface area contributed by atoms with Crippen molar-refractivity contribution in [1.82, 2.24) is 5.32 Å². The van der Waals surface area contributed by atoms with Gasteiger partial charge in [0.1, 0.15) is 12.4 Å². The summed E-state index contributed by atoms with van der Waals surface area (Å²) in [6.45, 7) is 8.36. The molecule has 0 aliphatic carbocycles. The van der Waals surface area contributed by atoms with E-state index in [2.05, 4.69) is 49.2 Å². The van der Waals surface area contributed by atoms with Gasteiger partial charge >= 0.3 is 0 Å². The molecule has 3 heteroatoms. The lowest BCUT2D eigenvalue weighted by Crippen LogP contribution is -2.51. The van der Waals surface area contributed by atoms with Gasteiger partial charge in [0.05, 0.1) is 17.4 Å². The highest BCUT2D eigenvalue weighted by atomic mass is 16.5. The number of anilines is 1. The lowest BCUT2D eigenvalue weighted by molar-refractivity contribution is 0.268. The zero-order valence-electron chi connectivity index (χ0n) is 10.1. The van der Waals surface area contributed by atoms with Crippen molar-refractivity contribution >= 4 is 5.69 Å². The van der Waals surface area contributed by atoms with Crippen molar-refractivity contribution in [1.29, 1.82) is 0 Å². The fourth-order valence-corrected chi connectivity index (χ4v) is 2.76. The van der Waals surface area contributed by atoms with Gasteiger partial charge in [0.25, 0.3) is 0 Å². The number of benzene rings is 1. The minimum Gasteiger partial charge on any atom is -0.489 e. The highest BCUT2D eigenvalue weighted by Crippen LogP contribution is 2.40. The molecule has 0 amide bonds. The summed E-state index contributed by atoms with van der Waals surface area (Å²) in [6.07, 6.45) is 0. The molecule has 16 heavy (non-hydrogen) atoms. The summed E-state index contributed by atoms with van der Waals surface area (Å²) in [5.41, 5.74) is 2.54. The average Bonchev–Trinajstić information content (AvgIpc) is 2.55. The maximum absolute atomic E-state index is 5.80. The van der Waals surface area contributed by atoms with Crippen LogP contribution < -0.4 is 15.0 Å². The second kappa shape index (κ2) is 3.14. The Bertz CT molecular complexity index is 428. The number of nitrogens with zero attached hydrogens (tertiary/aromatic N) is 1. The van der Waals surface area contributed by atoms with Gasteiger partial charge in [0.15, 0.2) is 0 Å². The standard InChI is InChI=1S/C13H18N2O/c1-9-4-5-12-11(6-9)15-10(8-16-12)7-14-13(15,2)3/h4-6,10,14H,7-8H2,1-3H3. The van der Waals surface area contributed by atoms with Gasteiger partial charge in [-0.05, 0) is 38.5 Å². The van der Waals surface area contributed by atoms with E-state index in [4.69, 9.17) is 4.74 Å². The Morgan fingerprint density at radius 3 is 3.06 bits per heavy atom. The largest absolute Gasteiger partial charge is 0.489 e. The molecule has 1 aromatic carbocycles. The van der Waals surface area contributed by atoms with Gasteiger partial charge in [-0.3, -0.25) is 5.32 Å². The van der Waals surface area contributed by atoms with Gasteiger partial charge in [0.2, 0.25) is 0 Å². The van der Waals surface area contributed by atoms with Gasteiger partial charge in [-0.2, -0.15) is 0 Å². The summed E-state index contributed by atoms with van der Waals surface area (Å²) in [7, 11) is 0. The van der Waals surface area contributed by atoms with E-state index in [1.54, 1.807) is 0 Å². The maximum atomic E-state index is 5.80. The fraction of sp³-hybridized carbons (Fsp3) is 0.538. The molecule has 2 heterocycles. The molecule has 2 aliphatic heterocycles. The Morgan fingerprint density at radius 1 is 1.44 bits per heavy atom. The van der Waals surface area contributed by atoms with Crippen LogP contribution in [0.4, 0.5) is 5.69 Å². The van der Waals surface area contributed by atoms with Gasteiger partial charge in [-0.25, -0.2) is 0 Å². The first-order valence-corrected chi connectivity index (χ1v) is 5.86. The predicted octanol–water partition coefficient (Wildman–Crippen LogP) is 1.90. The summed E-state index contributed by atoms with van der Waals surface area (Å²) >= 11 is 0. The molecule has 1 aromatic rings. The summed E-state index contributed by atoms with van der Waals surface area (Å²) in [4.78, 5) is 2.46. The van der Waals surface area contributed by atoms with E-state index >= 15 is 0 Å². The third-order valence-electron chi connectivity index (χ3n) is 3.54. The molecule has 0 radical (unpaired) electrons. The van der Waals surface area contributed by atoms with Crippen LogP contribution in [0.5, 0.6) is 5.75 Å². The number of fused-ring (bicyclic) bond motifs is 3. The molecule has 3 rings (SSSR count). The van der Waals surface area contributed by atoms with Crippen LogP contribution in [0.25, 0.3) is 0 Å². The summed E-state index contributed by atoms with van der Waals surface area (Å²) in [5.74, 6) is 1.01. The second-order valence-corrected chi connectivity index (χ2v) is 5.25. The molecular formula is C13H18N2O. The molecule has 0 saturated carbocycles. The van der Waals surface area contributed by atoms with Crippen LogP contribution in [0.1, 0.15) is 19.4 Å². The molecule has 1 fully saturated rings. The quantitative estimate of drug-likeness (QED) is 0.720. The smallest absolute Gasteiger partial charge is 0.142 e. The molecule has 1 atom stereocenters. The highest BCUT2D eigenvalue weighted by molar-refractivity contribution is 5.64. The molecular weight excluding hydrogens is 200 g/mol. The number of ether oxygens (including phenoxy) is 1. The molecule has 0 aromatic heterocycles. The molecule has 3 nitrogen and oxygen atoms in total. The fourth-order valence-electron chi connectivity index (χ4n) is 2.76. The molecule has 1 unspecified atom stereocenters. The first kappa shape index (κ1) is 9.97. The first-order valence-electron chi connectivity index (χ1n) is 5.86. The van der Waals surface area contributed by atoms with E-state index < -0.39 is 0 Å². The molecule has 0 bridgehead atoms.